The summed E-state index contributed by atoms with van der Waals surface area (Å²) in [5.41, 5.74) is 2.07. The van der Waals surface area contributed by atoms with Crippen LogP contribution >= 0.6 is 23.2 Å². The van der Waals surface area contributed by atoms with Crippen molar-refractivity contribution in [1.82, 2.24) is 15.0 Å². The van der Waals surface area contributed by atoms with Gasteiger partial charge in [0, 0.05) is 5.02 Å². The topological polar surface area (TPSA) is 30.7 Å². The summed E-state index contributed by atoms with van der Waals surface area (Å²) in [4.78, 5) is 0. The largest absolute Gasteiger partial charge is 0.219 e. The summed E-state index contributed by atoms with van der Waals surface area (Å²) in [6.45, 7) is 2.06. The fourth-order valence-electron chi connectivity index (χ4n) is 1.42. The minimum absolute atomic E-state index is 0.381. The molecule has 1 heterocycles. The smallest absolute Gasteiger partial charge is 0.171 e. The molecule has 0 N–H and O–H groups in total. The van der Waals surface area contributed by atoms with Crippen molar-refractivity contribution in [2.45, 2.75) is 13.3 Å². The number of benzene rings is 1. The minimum atomic E-state index is 0.381. The second kappa shape index (κ2) is 4.21. The molecule has 0 saturated heterocycles. The van der Waals surface area contributed by atoms with Crippen molar-refractivity contribution >= 4 is 23.2 Å². The molecule has 0 radical (unpaired) electrons. The Bertz CT molecular complexity index is 479. The van der Waals surface area contributed by atoms with Crippen LogP contribution in [0.3, 0.4) is 0 Å². The van der Waals surface area contributed by atoms with Crippen molar-refractivity contribution in [2.24, 2.45) is 0 Å². The van der Waals surface area contributed by atoms with Crippen LogP contribution in [0.5, 0.6) is 0 Å². The average Bonchev–Trinajstić information content (AvgIpc) is 2.64. The van der Waals surface area contributed by atoms with Gasteiger partial charge in [-0.25, -0.2) is 4.68 Å². The highest BCUT2D eigenvalue weighted by molar-refractivity contribution is 6.30. The quantitative estimate of drug-likeness (QED) is 0.809. The Morgan fingerprint density at radius 1 is 1.33 bits per heavy atom. The third-order valence-corrected chi connectivity index (χ3v) is 2.54. The zero-order chi connectivity index (χ0) is 10.8. The molecule has 1 aromatic heterocycles. The highest BCUT2D eigenvalue weighted by Crippen LogP contribution is 2.20. The average molecular weight is 242 g/mol. The van der Waals surface area contributed by atoms with Crippen LogP contribution in [0.25, 0.3) is 5.69 Å². The second-order valence-electron chi connectivity index (χ2n) is 3.11. The fraction of sp³-hybridized carbons (Fsp3) is 0.200. The maximum Gasteiger partial charge on any atom is 0.171 e. The van der Waals surface area contributed by atoms with Gasteiger partial charge >= 0.3 is 0 Å². The SMILES string of the molecule is CCc1cc(Cl)ccc1-n1cc(Cl)nn1. The number of rotatable bonds is 2. The molecule has 3 nitrogen and oxygen atoms in total. The number of halogens is 2. The third kappa shape index (κ3) is 2.13. The van der Waals surface area contributed by atoms with Gasteiger partial charge < -0.3 is 0 Å². The molecule has 0 saturated carbocycles. The minimum Gasteiger partial charge on any atom is -0.219 e. The van der Waals surface area contributed by atoms with E-state index in [0.717, 1.165) is 22.7 Å². The van der Waals surface area contributed by atoms with Crippen molar-refractivity contribution in [2.75, 3.05) is 0 Å². The third-order valence-electron chi connectivity index (χ3n) is 2.13. The Morgan fingerprint density at radius 2 is 2.13 bits per heavy atom. The summed E-state index contributed by atoms with van der Waals surface area (Å²) in [7, 11) is 0. The van der Waals surface area contributed by atoms with Crippen LogP contribution in [0.4, 0.5) is 0 Å². The van der Waals surface area contributed by atoms with E-state index in [1.165, 1.54) is 0 Å². The van der Waals surface area contributed by atoms with Crippen LogP contribution in [0, 0.1) is 0 Å². The molecule has 2 rings (SSSR count). The molecule has 0 aliphatic heterocycles. The van der Waals surface area contributed by atoms with Crippen LogP contribution in [0.1, 0.15) is 12.5 Å². The number of aryl methyl sites for hydroxylation is 1. The Morgan fingerprint density at radius 3 is 2.73 bits per heavy atom. The van der Waals surface area contributed by atoms with E-state index in [9.17, 15) is 0 Å². The summed E-state index contributed by atoms with van der Waals surface area (Å²) in [6, 6.07) is 5.66. The summed E-state index contributed by atoms with van der Waals surface area (Å²) in [5.74, 6) is 0. The summed E-state index contributed by atoms with van der Waals surface area (Å²) >= 11 is 11.6. The Kier molecular flexibility index (Phi) is 2.93. The Hall–Kier alpha value is -1.06. The van der Waals surface area contributed by atoms with Gasteiger partial charge in [-0.15, -0.1) is 5.10 Å². The molecule has 0 fully saturated rings. The van der Waals surface area contributed by atoms with Gasteiger partial charge in [0.2, 0.25) is 0 Å². The van der Waals surface area contributed by atoms with E-state index in [1.54, 1.807) is 10.9 Å². The maximum absolute atomic E-state index is 5.92. The van der Waals surface area contributed by atoms with E-state index in [2.05, 4.69) is 17.2 Å². The van der Waals surface area contributed by atoms with E-state index in [1.807, 2.05) is 18.2 Å². The highest BCUT2D eigenvalue weighted by atomic mass is 35.5. The van der Waals surface area contributed by atoms with E-state index >= 15 is 0 Å². The lowest BCUT2D eigenvalue weighted by atomic mass is 10.1. The van der Waals surface area contributed by atoms with Gasteiger partial charge in [0.25, 0.3) is 0 Å². The number of nitrogens with zero attached hydrogens (tertiary/aromatic N) is 3. The predicted octanol–water partition coefficient (Wildman–Crippen LogP) is 3.14. The summed E-state index contributed by atoms with van der Waals surface area (Å²) in [6.07, 6.45) is 2.55. The van der Waals surface area contributed by atoms with E-state index < -0.39 is 0 Å². The lowest BCUT2D eigenvalue weighted by molar-refractivity contribution is 0.793. The van der Waals surface area contributed by atoms with Gasteiger partial charge in [0.05, 0.1) is 11.9 Å². The summed E-state index contributed by atoms with van der Waals surface area (Å²) < 4.78 is 1.65. The van der Waals surface area contributed by atoms with Gasteiger partial charge in [0.1, 0.15) is 0 Å². The lowest BCUT2D eigenvalue weighted by Gasteiger charge is -2.06. The van der Waals surface area contributed by atoms with Gasteiger partial charge in [-0.1, -0.05) is 35.3 Å². The summed E-state index contributed by atoms with van der Waals surface area (Å²) in [5, 5.41) is 8.76. The number of hydrogen-bond acceptors (Lipinski definition) is 2. The Labute approximate surface area is 97.6 Å². The monoisotopic (exact) mass is 241 g/mol. The van der Waals surface area contributed by atoms with Crippen LogP contribution < -0.4 is 0 Å². The molecule has 0 bridgehead atoms. The molecule has 78 valence electrons. The molecule has 0 amide bonds. The van der Waals surface area contributed by atoms with Gasteiger partial charge in [-0.2, -0.15) is 0 Å². The lowest BCUT2D eigenvalue weighted by Crippen LogP contribution is -1.99. The first-order chi connectivity index (χ1) is 7.20. The molecule has 0 aliphatic carbocycles. The van der Waals surface area contributed by atoms with Crippen molar-refractivity contribution in [3.05, 3.63) is 40.1 Å². The molecule has 2 aromatic rings. The zero-order valence-electron chi connectivity index (χ0n) is 8.11. The number of aromatic nitrogens is 3. The van der Waals surface area contributed by atoms with E-state index in [0.29, 0.717) is 5.15 Å². The molecule has 0 atom stereocenters. The van der Waals surface area contributed by atoms with Gasteiger partial charge in [0.15, 0.2) is 5.15 Å². The standard InChI is InChI=1S/C10H9Cl2N3/c1-2-7-5-8(11)3-4-9(7)15-6-10(12)13-14-15/h3-6H,2H2,1H3. The molecule has 1 aromatic carbocycles. The molecule has 0 spiro atoms. The number of hydrogen-bond donors (Lipinski definition) is 0. The first-order valence-corrected chi connectivity index (χ1v) is 5.33. The molecule has 0 unspecified atom stereocenters. The normalized spacial score (nSPS) is 10.6. The van der Waals surface area contributed by atoms with E-state index in [-0.39, 0.29) is 0 Å². The van der Waals surface area contributed by atoms with Crippen molar-refractivity contribution in [1.29, 1.82) is 0 Å². The van der Waals surface area contributed by atoms with Crippen molar-refractivity contribution in [3.8, 4) is 5.69 Å². The molecule has 5 heteroatoms. The van der Waals surface area contributed by atoms with Crippen molar-refractivity contribution in [3.63, 3.8) is 0 Å². The van der Waals surface area contributed by atoms with Crippen LogP contribution in [0.2, 0.25) is 10.2 Å². The van der Waals surface area contributed by atoms with Crippen LogP contribution in [-0.2, 0) is 6.42 Å². The fourth-order valence-corrected chi connectivity index (χ4v) is 1.74. The van der Waals surface area contributed by atoms with E-state index in [4.69, 9.17) is 23.2 Å². The first-order valence-electron chi connectivity index (χ1n) is 4.57. The molecule has 0 aliphatic rings. The zero-order valence-corrected chi connectivity index (χ0v) is 9.63. The van der Waals surface area contributed by atoms with Crippen LogP contribution in [-0.4, -0.2) is 15.0 Å². The van der Waals surface area contributed by atoms with Gasteiger partial charge in [-0.05, 0) is 30.2 Å². The first kappa shape index (κ1) is 10.5. The van der Waals surface area contributed by atoms with Crippen LogP contribution in [0.15, 0.2) is 24.4 Å². The molecule has 15 heavy (non-hydrogen) atoms. The predicted molar refractivity (Wildman–Crippen MR) is 60.8 cm³/mol. The molecular weight excluding hydrogens is 233 g/mol. The van der Waals surface area contributed by atoms with Crippen molar-refractivity contribution < 1.29 is 0 Å². The second-order valence-corrected chi connectivity index (χ2v) is 3.94. The molecular formula is C10H9Cl2N3. The van der Waals surface area contributed by atoms with Gasteiger partial charge in [-0.3, -0.25) is 0 Å². The Balaban J connectivity index is 2.52. The maximum atomic E-state index is 5.92. The highest BCUT2D eigenvalue weighted by Gasteiger charge is 2.06.